The first-order chi connectivity index (χ1) is 15.6. The zero-order chi connectivity index (χ0) is 21.7. The second-order valence-electron chi connectivity index (χ2n) is 9.14. The fraction of sp³-hybridized carbons (Fsp3) is 0.296. The molecule has 0 saturated carbocycles. The lowest BCUT2D eigenvalue weighted by molar-refractivity contribution is 0.313. The van der Waals surface area contributed by atoms with E-state index in [0.29, 0.717) is 0 Å². The highest BCUT2D eigenvalue weighted by molar-refractivity contribution is 6.09. The van der Waals surface area contributed by atoms with Crippen LogP contribution in [-0.4, -0.2) is 54.5 Å². The zero-order valence-corrected chi connectivity index (χ0v) is 18.7. The van der Waals surface area contributed by atoms with Crippen LogP contribution in [0.15, 0.2) is 64.7 Å². The van der Waals surface area contributed by atoms with Crippen LogP contribution < -0.4 is 4.90 Å². The Bertz CT molecular complexity index is 1250. The van der Waals surface area contributed by atoms with Crippen molar-refractivity contribution in [1.82, 2.24) is 9.88 Å². The molecule has 0 atom stereocenters. The summed E-state index contributed by atoms with van der Waals surface area (Å²) >= 11 is 0. The van der Waals surface area contributed by atoms with Crippen LogP contribution in [0.4, 0.5) is 17.1 Å². The highest BCUT2D eigenvalue weighted by Gasteiger charge is 2.22. The molecule has 4 heterocycles. The Labute approximate surface area is 189 Å². The van der Waals surface area contributed by atoms with E-state index in [1.165, 1.54) is 27.9 Å². The number of benzene rings is 2. The van der Waals surface area contributed by atoms with Crippen LogP contribution in [0.25, 0.3) is 0 Å². The van der Waals surface area contributed by atoms with Crippen molar-refractivity contribution in [1.29, 1.82) is 0 Å². The molecule has 0 bridgehead atoms. The number of hydrogen-bond donors (Lipinski definition) is 0. The van der Waals surface area contributed by atoms with Gasteiger partial charge in [0.1, 0.15) is 0 Å². The number of anilines is 1. The molecule has 5 nitrogen and oxygen atoms in total. The summed E-state index contributed by atoms with van der Waals surface area (Å²) in [4.78, 5) is 19.2. The molecule has 2 aromatic carbocycles. The van der Waals surface area contributed by atoms with Crippen LogP contribution in [0.3, 0.4) is 0 Å². The molecular weight excluding hydrogens is 394 g/mol. The summed E-state index contributed by atoms with van der Waals surface area (Å²) in [7, 11) is 2.20. The summed E-state index contributed by atoms with van der Waals surface area (Å²) < 4.78 is 0. The maximum Gasteiger partial charge on any atom is 0.0848 e. The molecular formula is C27H27N5. The number of nitrogens with zero attached hydrogens (tertiary/aromatic N) is 5. The summed E-state index contributed by atoms with van der Waals surface area (Å²) in [5, 5.41) is 0. The van der Waals surface area contributed by atoms with E-state index in [1.807, 2.05) is 6.20 Å². The topological polar surface area (TPSA) is 44.1 Å². The average molecular weight is 422 g/mol. The van der Waals surface area contributed by atoms with Gasteiger partial charge in [0.25, 0.3) is 0 Å². The van der Waals surface area contributed by atoms with Gasteiger partial charge in [-0.3, -0.25) is 15.0 Å². The lowest BCUT2D eigenvalue weighted by Gasteiger charge is -2.34. The van der Waals surface area contributed by atoms with Crippen LogP contribution in [-0.2, 0) is 12.8 Å². The van der Waals surface area contributed by atoms with E-state index in [2.05, 4.69) is 77.3 Å². The second-order valence-corrected chi connectivity index (χ2v) is 9.14. The SMILES string of the molecule is Cc1ccc(C2=Nc3ccc(C4=Nc5ccc(N6CCN(C)CC6)cc5C4)cc3C2)nc1. The lowest BCUT2D eigenvalue weighted by atomic mass is 9.99. The number of aromatic nitrogens is 1. The van der Waals surface area contributed by atoms with Gasteiger partial charge in [-0.25, -0.2) is 0 Å². The van der Waals surface area contributed by atoms with Gasteiger partial charge in [-0.05, 0) is 72.6 Å². The second kappa shape index (κ2) is 7.68. The van der Waals surface area contributed by atoms with Gasteiger partial charge < -0.3 is 9.80 Å². The van der Waals surface area contributed by atoms with Crippen molar-refractivity contribution >= 4 is 28.5 Å². The first kappa shape index (κ1) is 19.4. The van der Waals surface area contributed by atoms with E-state index in [4.69, 9.17) is 9.98 Å². The predicted molar refractivity (Wildman–Crippen MR) is 131 cm³/mol. The average Bonchev–Trinajstić information content (AvgIpc) is 3.43. The number of piperazine rings is 1. The molecule has 3 aliphatic rings. The van der Waals surface area contributed by atoms with Crippen molar-refractivity contribution in [2.45, 2.75) is 19.8 Å². The number of fused-ring (bicyclic) bond motifs is 2. The Hall–Kier alpha value is -3.31. The third-order valence-electron chi connectivity index (χ3n) is 6.78. The van der Waals surface area contributed by atoms with Gasteiger partial charge in [-0.1, -0.05) is 12.1 Å². The van der Waals surface area contributed by atoms with Crippen LogP contribution in [0, 0.1) is 6.92 Å². The van der Waals surface area contributed by atoms with Crippen LogP contribution in [0.2, 0.25) is 0 Å². The fourth-order valence-electron chi connectivity index (χ4n) is 4.78. The van der Waals surface area contributed by atoms with E-state index in [0.717, 1.165) is 67.5 Å². The molecule has 3 aromatic rings. The number of pyridine rings is 1. The smallest absolute Gasteiger partial charge is 0.0848 e. The van der Waals surface area contributed by atoms with Gasteiger partial charge in [-0.15, -0.1) is 0 Å². The maximum atomic E-state index is 4.97. The molecule has 5 heteroatoms. The normalized spacial score (nSPS) is 17.8. The van der Waals surface area contributed by atoms with E-state index >= 15 is 0 Å². The van der Waals surface area contributed by atoms with Gasteiger partial charge in [0, 0.05) is 50.9 Å². The standard InChI is InChI=1S/C27H27N5/c1-18-3-6-25(28-17-18)27-16-20-13-19(4-7-23(20)30-27)26-15-21-14-22(5-8-24(21)29-26)32-11-9-31(2)10-12-32/h3-8,13-14,17H,9-12,15-16H2,1-2H3. The number of hydrogen-bond acceptors (Lipinski definition) is 5. The zero-order valence-electron chi connectivity index (χ0n) is 18.7. The molecule has 160 valence electrons. The van der Waals surface area contributed by atoms with Crippen LogP contribution in [0.1, 0.15) is 27.9 Å². The molecule has 6 rings (SSSR count). The Balaban J connectivity index is 1.20. The van der Waals surface area contributed by atoms with E-state index in [1.54, 1.807) is 0 Å². The summed E-state index contributed by atoms with van der Waals surface area (Å²) in [5.74, 6) is 0. The monoisotopic (exact) mass is 421 g/mol. The number of rotatable bonds is 3. The largest absolute Gasteiger partial charge is 0.369 e. The molecule has 1 saturated heterocycles. The van der Waals surface area contributed by atoms with Crippen molar-refractivity contribution in [3.05, 3.63) is 82.7 Å². The van der Waals surface area contributed by atoms with E-state index < -0.39 is 0 Å². The van der Waals surface area contributed by atoms with E-state index in [-0.39, 0.29) is 0 Å². The molecule has 0 unspecified atom stereocenters. The van der Waals surface area contributed by atoms with Crippen LogP contribution in [0.5, 0.6) is 0 Å². The van der Waals surface area contributed by atoms with Crippen molar-refractivity contribution in [3.63, 3.8) is 0 Å². The molecule has 32 heavy (non-hydrogen) atoms. The van der Waals surface area contributed by atoms with Gasteiger partial charge in [0.05, 0.1) is 28.5 Å². The first-order valence-electron chi connectivity index (χ1n) is 11.4. The summed E-state index contributed by atoms with van der Waals surface area (Å²) in [5.41, 5.74) is 11.6. The number of likely N-dealkylation sites (N-methyl/N-ethyl adjacent to an activating group) is 1. The Kier molecular flexibility index (Phi) is 4.65. The number of aliphatic imine (C=N–C) groups is 2. The third-order valence-corrected chi connectivity index (χ3v) is 6.78. The van der Waals surface area contributed by atoms with Crippen molar-refractivity contribution in [2.24, 2.45) is 9.98 Å². The molecule has 0 amide bonds. The van der Waals surface area contributed by atoms with Gasteiger partial charge in [-0.2, -0.15) is 0 Å². The molecule has 0 N–H and O–H groups in total. The Morgan fingerprint density at radius 2 is 1.47 bits per heavy atom. The van der Waals surface area contributed by atoms with Gasteiger partial charge >= 0.3 is 0 Å². The van der Waals surface area contributed by atoms with Crippen molar-refractivity contribution < 1.29 is 0 Å². The Morgan fingerprint density at radius 3 is 2.25 bits per heavy atom. The number of aryl methyl sites for hydroxylation is 1. The molecule has 0 radical (unpaired) electrons. The molecule has 0 spiro atoms. The van der Waals surface area contributed by atoms with Crippen molar-refractivity contribution in [2.75, 3.05) is 38.1 Å². The summed E-state index contributed by atoms with van der Waals surface area (Å²) in [6.45, 7) is 6.48. The predicted octanol–water partition coefficient (Wildman–Crippen LogP) is 4.50. The summed E-state index contributed by atoms with van der Waals surface area (Å²) in [6, 6.07) is 17.5. The lowest BCUT2D eigenvalue weighted by Crippen LogP contribution is -2.44. The summed E-state index contributed by atoms with van der Waals surface area (Å²) in [6.07, 6.45) is 3.63. The maximum absolute atomic E-state index is 4.97. The van der Waals surface area contributed by atoms with Crippen molar-refractivity contribution in [3.8, 4) is 0 Å². The van der Waals surface area contributed by atoms with Gasteiger partial charge in [0.2, 0.25) is 0 Å². The molecule has 1 aromatic heterocycles. The highest BCUT2D eigenvalue weighted by Crippen LogP contribution is 2.35. The third kappa shape index (κ3) is 3.53. The fourth-order valence-corrected chi connectivity index (χ4v) is 4.78. The minimum absolute atomic E-state index is 0.826. The minimum Gasteiger partial charge on any atom is -0.369 e. The Morgan fingerprint density at radius 1 is 0.750 bits per heavy atom. The van der Waals surface area contributed by atoms with Crippen LogP contribution >= 0.6 is 0 Å². The molecule has 1 fully saturated rings. The van der Waals surface area contributed by atoms with Gasteiger partial charge in [0.15, 0.2) is 0 Å². The quantitative estimate of drug-likeness (QED) is 0.626. The minimum atomic E-state index is 0.826. The van der Waals surface area contributed by atoms with E-state index in [9.17, 15) is 0 Å². The highest BCUT2D eigenvalue weighted by atomic mass is 15.2. The molecule has 3 aliphatic heterocycles. The molecule has 0 aliphatic carbocycles. The first-order valence-corrected chi connectivity index (χ1v) is 11.4.